The molecular formula is C13H17N5O3S. The van der Waals surface area contributed by atoms with Gasteiger partial charge in [-0.3, -0.25) is 4.79 Å². The normalized spacial score (nSPS) is 22.4. The molecule has 0 saturated carbocycles. The number of H-pyrrole nitrogens is 1. The zero-order chi connectivity index (χ0) is 19.2. The van der Waals surface area contributed by atoms with Gasteiger partial charge in [-0.05, 0) is 18.9 Å². The first-order valence-corrected chi connectivity index (χ1v) is 8.08. The third-order valence-corrected chi connectivity index (χ3v) is 4.47. The first kappa shape index (κ1) is 10.7. The van der Waals surface area contributed by atoms with Crippen LogP contribution in [0.3, 0.4) is 0 Å². The molecule has 0 aromatic carbocycles. The largest absolute Gasteiger partial charge is 0.351 e. The second-order valence-corrected chi connectivity index (χ2v) is 6.42. The van der Waals surface area contributed by atoms with E-state index in [4.69, 9.17) is 5.48 Å². The maximum Gasteiger partial charge on any atom is 0.249 e. The SMILES string of the molecule is [2H]C1(Nc2ncc3ccc(=O)[nH]c3n2)CCN(S(=O)(=O)C([2H])([2H])[2H])CC1. The topological polar surface area (TPSA) is 108 Å². The molecule has 22 heavy (non-hydrogen) atoms. The highest BCUT2D eigenvalue weighted by Crippen LogP contribution is 2.17. The summed E-state index contributed by atoms with van der Waals surface area (Å²) >= 11 is 0. The molecule has 1 aliphatic rings. The minimum atomic E-state index is -4.40. The van der Waals surface area contributed by atoms with Crippen LogP contribution in [0, 0.1) is 0 Å². The fourth-order valence-electron chi connectivity index (χ4n) is 2.28. The van der Waals surface area contributed by atoms with Gasteiger partial charge in [0.05, 0.1) is 7.55 Å². The zero-order valence-corrected chi connectivity index (χ0v) is 12.4. The molecule has 0 radical (unpaired) electrons. The van der Waals surface area contributed by atoms with E-state index < -0.39 is 22.2 Å². The van der Waals surface area contributed by atoms with Crippen molar-refractivity contribution in [3.05, 3.63) is 28.7 Å². The van der Waals surface area contributed by atoms with Crippen molar-refractivity contribution in [2.75, 3.05) is 24.6 Å². The molecule has 0 spiro atoms. The third kappa shape index (κ3) is 3.25. The Morgan fingerprint density at radius 3 is 2.95 bits per heavy atom. The van der Waals surface area contributed by atoms with Crippen LogP contribution in [0.5, 0.6) is 0 Å². The van der Waals surface area contributed by atoms with Gasteiger partial charge < -0.3 is 10.3 Å². The van der Waals surface area contributed by atoms with Gasteiger partial charge in [-0.25, -0.2) is 17.7 Å². The van der Waals surface area contributed by atoms with Crippen LogP contribution in [0.15, 0.2) is 23.1 Å². The van der Waals surface area contributed by atoms with Crippen LogP contribution in [-0.2, 0) is 10.0 Å². The predicted molar refractivity (Wildman–Crippen MR) is 83.2 cm³/mol. The molecule has 2 N–H and O–H groups in total. The third-order valence-electron chi connectivity index (χ3n) is 3.43. The minimum absolute atomic E-state index is 0.0645. The predicted octanol–water partition coefficient (Wildman–Crippen LogP) is 0.154. The smallest absolute Gasteiger partial charge is 0.249 e. The maximum atomic E-state index is 12.0. The summed E-state index contributed by atoms with van der Waals surface area (Å²) in [5.41, 5.74) is 0.00642. The molecule has 118 valence electrons. The van der Waals surface area contributed by atoms with Gasteiger partial charge in [0, 0.05) is 40.9 Å². The van der Waals surface area contributed by atoms with Gasteiger partial charge in [0.1, 0.15) is 5.65 Å². The molecule has 1 aliphatic heterocycles. The van der Waals surface area contributed by atoms with Crippen LogP contribution < -0.4 is 10.9 Å². The summed E-state index contributed by atoms with van der Waals surface area (Å²) in [5, 5.41) is 3.47. The fraction of sp³-hybridized carbons (Fsp3) is 0.462. The van der Waals surface area contributed by atoms with Crippen molar-refractivity contribution < 1.29 is 13.9 Å². The molecule has 3 heterocycles. The molecule has 8 nitrogen and oxygen atoms in total. The number of sulfonamides is 1. The van der Waals surface area contributed by atoms with Crippen LogP contribution in [0.2, 0.25) is 0 Å². The van der Waals surface area contributed by atoms with E-state index in [1.807, 2.05) is 0 Å². The van der Waals surface area contributed by atoms with Gasteiger partial charge >= 0.3 is 0 Å². The Balaban J connectivity index is 1.75. The molecule has 0 unspecified atom stereocenters. The second-order valence-electron chi connectivity index (χ2n) is 4.95. The highest BCUT2D eigenvalue weighted by molar-refractivity contribution is 7.88. The van der Waals surface area contributed by atoms with Crippen molar-refractivity contribution in [3.8, 4) is 0 Å². The lowest BCUT2D eigenvalue weighted by atomic mass is 10.1. The van der Waals surface area contributed by atoms with Crippen LogP contribution in [-0.4, -0.2) is 53.0 Å². The van der Waals surface area contributed by atoms with E-state index in [1.165, 1.54) is 12.3 Å². The molecular weight excluding hydrogens is 306 g/mol. The van der Waals surface area contributed by atoms with Gasteiger partial charge in [0.25, 0.3) is 0 Å². The molecule has 0 amide bonds. The maximum absolute atomic E-state index is 12.0. The van der Waals surface area contributed by atoms with E-state index in [-0.39, 0.29) is 37.4 Å². The van der Waals surface area contributed by atoms with Crippen molar-refractivity contribution in [2.45, 2.75) is 18.9 Å². The van der Waals surface area contributed by atoms with Crippen LogP contribution >= 0.6 is 0 Å². The second kappa shape index (κ2) is 5.65. The first-order valence-electron chi connectivity index (χ1n) is 8.64. The van der Waals surface area contributed by atoms with Gasteiger partial charge in [-0.15, -0.1) is 0 Å². The average Bonchev–Trinajstić information content (AvgIpc) is 2.53. The number of piperidine rings is 1. The zero-order valence-electron chi connectivity index (χ0n) is 15.5. The van der Waals surface area contributed by atoms with Gasteiger partial charge in [0.2, 0.25) is 21.5 Å². The summed E-state index contributed by atoms with van der Waals surface area (Å²) in [6.45, 7) is -0.191. The fourth-order valence-corrected chi connectivity index (χ4v) is 2.94. The lowest BCUT2D eigenvalue weighted by Crippen LogP contribution is -2.42. The quantitative estimate of drug-likeness (QED) is 0.831. The number of hydrogen-bond acceptors (Lipinski definition) is 6. The molecule has 1 saturated heterocycles. The summed E-state index contributed by atoms with van der Waals surface area (Å²) in [6, 6.07) is 1.68. The highest BCUT2D eigenvalue weighted by atomic mass is 32.2. The number of nitrogens with zero attached hydrogens (tertiary/aromatic N) is 3. The Bertz CT molecular complexity index is 983. The molecule has 0 atom stereocenters. The Hall–Kier alpha value is -2.00. The molecule has 0 aliphatic carbocycles. The number of rotatable bonds is 3. The summed E-state index contributed by atoms with van der Waals surface area (Å²) in [5.74, 6) is 0.126. The highest BCUT2D eigenvalue weighted by Gasteiger charge is 2.25. The molecule has 1 fully saturated rings. The van der Waals surface area contributed by atoms with Crippen LogP contribution in [0.1, 0.15) is 18.3 Å². The number of pyridine rings is 1. The van der Waals surface area contributed by atoms with Gasteiger partial charge in [0.15, 0.2) is 0 Å². The first-order chi connectivity index (χ1) is 12.0. The van der Waals surface area contributed by atoms with Crippen molar-refractivity contribution in [1.29, 1.82) is 0 Å². The molecule has 2 aromatic rings. The summed E-state index contributed by atoms with van der Waals surface area (Å²) in [4.78, 5) is 22.2. The van der Waals surface area contributed by atoms with Gasteiger partial charge in [-0.2, -0.15) is 4.98 Å². The van der Waals surface area contributed by atoms with Crippen LogP contribution in [0.4, 0.5) is 5.95 Å². The lowest BCUT2D eigenvalue weighted by Gasteiger charge is -2.30. The molecule has 3 rings (SSSR count). The Morgan fingerprint density at radius 2 is 2.23 bits per heavy atom. The van der Waals surface area contributed by atoms with Crippen molar-refractivity contribution in [2.24, 2.45) is 0 Å². The van der Waals surface area contributed by atoms with E-state index in [0.29, 0.717) is 11.0 Å². The summed E-state index contributed by atoms with van der Waals surface area (Å²) in [7, 11) is -4.40. The number of aromatic amines is 1. The average molecular weight is 327 g/mol. The van der Waals surface area contributed by atoms with E-state index >= 15 is 0 Å². The Morgan fingerprint density at radius 1 is 1.45 bits per heavy atom. The summed E-state index contributed by atoms with van der Waals surface area (Å²) in [6.07, 6.45) is -1.49. The molecule has 9 heteroatoms. The monoisotopic (exact) mass is 327 g/mol. The van der Waals surface area contributed by atoms with Crippen molar-refractivity contribution >= 4 is 27.0 Å². The van der Waals surface area contributed by atoms with Crippen molar-refractivity contribution in [3.63, 3.8) is 0 Å². The standard InChI is InChI=1S/C13H17N5O3S/c1-22(20,21)18-6-4-10(5-7-18)15-13-14-8-9-2-3-11(19)16-12(9)17-13/h2-3,8,10H,4-7H2,1H3,(H2,14,15,16,17,19)/i1D3,10D. The van der Waals surface area contributed by atoms with Gasteiger partial charge in [-0.1, -0.05) is 0 Å². The number of hydrogen-bond donors (Lipinski definition) is 2. The van der Waals surface area contributed by atoms with E-state index in [9.17, 15) is 13.2 Å². The number of aromatic nitrogens is 3. The Labute approximate surface area is 133 Å². The number of anilines is 1. The van der Waals surface area contributed by atoms with E-state index in [2.05, 4.69) is 20.3 Å². The Kier molecular flexibility index (Phi) is 2.74. The number of fused-ring (bicyclic) bond motifs is 1. The number of nitrogens with one attached hydrogen (secondary N) is 2. The van der Waals surface area contributed by atoms with E-state index in [0.717, 1.165) is 4.31 Å². The van der Waals surface area contributed by atoms with Crippen LogP contribution in [0.25, 0.3) is 11.0 Å². The lowest BCUT2D eigenvalue weighted by molar-refractivity contribution is 0.331. The van der Waals surface area contributed by atoms with E-state index in [1.54, 1.807) is 6.07 Å². The van der Waals surface area contributed by atoms with Crippen molar-refractivity contribution in [1.82, 2.24) is 19.3 Å². The molecule has 2 aromatic heterocycles. The summed E-state index contributed by atoms with van der Waals surface area (Å²) < 4.78 is 54.7. The molecule has 0 bridgehead atoms. The minimum Gasteiger partial charge on any atom is -0.351 e.